The molecule has 110 valence electrons. The number of aryl methyl sites for hydroxylation is 2. The average molecular weight is 315 g/mol. The molecule has 0 atom stereocenters. The van der Waals surface area contributed by atoms with E-state index in [9.17, 15) is 8.42 Å². The van der Waals surface area contributed by atoms with Crippen LogP contribution in [0.5, 0.6) is 0 Å². The average Bonchev–Trinajstić information content (AvgIpc) is 2.95. The van der Waals surface area contributed by atoms with E-state index in [-0.39, 0.29) is 18.0 Å². The first kappa shape index (κ1) is 15.2. The quantitative estimate of drug-likeness (QED) is 0.896. The molecule has 6 nitrogen and oxygen atoms in total. The van der Waals surface area contributed by atoms with Crippen molar-refractivity contribution in [2.24, 2.45) is 7.05 Å². The van der Waals surface area contributed by atoms with Crippen molar-refractivity contribution in [1.29, 1.82) is 0 Å². The van der Waals surface area contributed by atoms with Crippen LogP contribution in [0.1, 0.15) is 16.4 Å². The Morgan fingerprint density at radius 1 is 1.50 bits per heavy atom. The van der Waals surface area contributed by atoms with Crippen molar-refractivity contribution < 1.29 is 13.5 Å². The van der Waals surface area contributed by atoms with Crippen molar-refractivity contribution in [3.05, 3.63) is 34.0 Å². The third-order valence-electron chi connectivity index (χ3n) is 3.00. The van der Waals surface area contributed by atoms with E-state index in [0.717, 1.165) is 10.7 Å². The van der Waals surface area contributed by atoms with Crippen molar-refractivity contribution in [1.82, 2.24) is 13.9 Å². The summed E-state index contributed by atoms with van der Waals surface area (Å²) in [6, 6.07) is 1.48. The first-order valence-corrected chi connectivity index (χ1v) is 8.30. The summed E-state index contributed by atoms with van der Waals surface area (Å²) < 4.78 is 27.7. The fourth-order valence-electron chi connectivity index (χ4n) is 1.85. The fraction of sp³-hybridized carbons (Fsp3) is 0.417. The molecule has 1 N–H and O–H groups in total. The molecule has 0 aliphatic carbocycles. The minimum absolute atomic E-state index is 0.179. The maximum Gasteiger partial charge on any atom is 0.244 e. The topological polar surface area (TPSA) is 75.4 Å². The van der Waals surface area contributed by atoms with Gasteiger partial charge in [0.05, 0.1) is 23.9 Å². The molecule has 2 aromatic heterocycles. The van der Waals surface area contributed by atoms with Crippen LogP contribution in [0.4, 0.5) is 0 Å². The Morgan fingerprint density at radius 2 is 2.20 bits per heavy atom. The molecule has 0 saturated heterocycles. The lowest BCUT2D eigenvalue weighted by Gasteiger charge is -2.14. The van der Waals surface area contributed by atoms with Crippen molar-refractivity contribution in [2.45, 2.75) is 25.0 Å². The van der Waals surface area contributed by atoms with Crippen molar-refractivity contribution in [2.75, 3.05) is 7.05 Å². The zero-order chi connectivity index (χ0) is 14.9. The van der Waals surface area contributed by atoms with E-state index in [4.69, 9.17) is 5.11 Å². The standard InChI is InChI=1S/C12H17N3O3S2/c1-9-13-10(8-19-9)5-15(3)20(17,18)12-4-11(7-16)14(2)6-12/h4,6,8,16H,5,7H2,1-3H3. The molecule has 0 aliphatic rings. The van der Waals surface area contributed by atoms with Crippen LogP contribution in [0.25, 0.3) is 0 Å². The molecule has 0 saturated carbocycles. The second-order valence-electron chi connectivity index (χ2n) is 4.56. The minimum Gasteiger partial charge on any atom is -0.390 e. The Balaban J connectivity index is 2.24. The van der Waals surface area contributed by atoms with Crippen LogP contribution in [0, 0.1) is 6.92 Å². The van der Waals surface area contributed by atoms with Gasteiger partial charge in [-0.05, 0) is 13.0 Å². The van der Waals surface area contributed by atoms with Gasteiger partial charge in [-0.2, -0.15) is 4.31 Å². The predicted octanol–water partition coefficient (Wildman–Crippen LogP) is 1.10. The van der Waals surface area contributed by atoms with Gasteiger partial charge < -0.3 is 9.67 Å². The van der Waals surface area contributed by atoms with E-state index in [1.54, 1.807) is 11.6 Å². The van der Waals surface area contributed by atoms with Gasteiger partial charge in [-0.15, -0.1) is 11.3 Å². The normalized spacial score (nSPS) is 12.2. The highest BCUT2D eigenvalue weighted by molar-refractivity contribution is 7.89. The molecule has 20 heavy (non-hydrogen) atoms. The summed E-state index contributed by atoms with van der Waals surface area (Å²) in [7, 11) is -0.347. The maximum atomic E-state index is 12.4. The number of nitrogens with zero attached hydrogens (tertiary/aromatic N) is 3. The number of rotatable bonds is 5. The minimum atomic E-state index is -3.57. The summed E-state index contributed by atoms with van der Waals surface area (Å²) >= 11 is 1.49. The summed E-state index contributed by atoms with van der Waals surface area (Å²) in [5.74, 6) is 0. The molecule has 2 rings (SSSR count). The molecule has 2 heterocycles. The second-order valence-corrected chi connectivity index (χ2v) is 7.66. The van der Waals surface area contributed by atoms with Gasteiger partial charge >= 0.3 is 0 Å². The summed E-state index contributed by atoms with van der Waals surface area (Å²) in [5, 5.41) is 11.9. The fourth-order valence-corrected chi connectivity index (χ4v) is 3.69. The lowest BCUT2D eigenvalue weighted by atomic mass is 10.5. The lowest BCUT2D eigenvalue weighted by molar-refractivity contribution is 0.272. The van der Waals surface area contributed by atoms with Crippen LogP contribution in [0.3, 0.4) is 0 Å². The molecule has 0 fully saturated rings. The zero-order valence-corrected chi connectivity index (χ0v) is 13.2. The molecule has 0 bridgehead atoms. The van der Waals surface area contributed by atoms with Crippen molar-refractivity contribution in [3.8, 4) is 0 Å². The number of hydrogen-bond donors (Lipinski definition) is 1. The van der Waals surface area contributed by atoms with Crippen molar-refractivity contribution >= 4 is 21.4 Å². The highest BCUT2D eigenvalue weighted by Crippen LogP contribution is 2.20. The summed E-state index contributed by atoms with van der Waals surface area (Å²) in [4.78, 5) is 4.44. The van der Waals surface area contributed by atoms with E-state index in [1.807, 2.05) is 12.3 Å². The van der Waals surface area contributed by atoms with E-state index in [1.165, 1.54) is 35.0 Å². The van der Waals surface area contributed by atoms with Crippen molar-refractivity contribution in [3.63, 3.8) is 0 Å². The third-order valence-corrected chi connectivity index (χ3v) is 5.60. The number of aliphatic hydroxyl groups excluding tert-OH is 1. The van der Waals surface area contributed by atoms with Gasteiger partial charge in [0.1, 0.15) is 4.90 Å². The molecule has 8 heteroatoms. The molecule has 0 radical (unpaired) electrons. The Bertz CT molecular complexity index is 703. The molecule has 2 aromatic rings. The van der Waals surface area contributed by atoms with Crippen LogP contribution >= 0.6 is 11.3 Å². The summed E-state index contributed by atoms with van der Waals surface area (Å²) in [5.41, 5.74) is 1.29. The van der Waals surface area contributed by atoms with Crippen LogP contribution in [-0.2, 0) is 30.2 Å². The van der Waals surface area contributed by atoms with E-state index < -0.39 is 10.0 Å². The van der Waals surface area contributed by atoms with Gasteiger partial charge in [0.15, 0.2) is 0 Å². The van der Waals surface area contributed by atoms with Crippen LogP contribution in [0.15, 0.2) is 22.5 Å². The van der Waals surface area contributed by atoms with Gasteiger partial charge in [-0.1, -0.05) is 0 Å². The largest absolute Gasteiger partial charge is 0.390 e. The highest BCUT2D eigenvalue weighted by atomic mass is 32.2. The number of aliphatic hydroxyl groups is 1. The molecule has 0 aliphatic heterocycles. The monoisotopic (exact) mass is 315 g/mol. The molecular formula is C12H17N3O3S2. The molecular weight excluding hydrogens is 298 g/mol. The smallest absolute Gasteiger partial charge is 0.244 e. The molecule has 0 spiro atoms. The molecule has 0 unspecified atom stereocenters. The number of hydrogen-bond acceptors (Lipinski definition) is 5. The molecule has 0 amide bonds. The first-order chi connectivity index (χ1) is 9.34. The first-order valence-electron chi connectivity index (χ1n) is 5.98. The second kappa shape index (κ2) is 5.65. The van der Waals surface area contributed by atoms with Gasteiger partial charge in [0.2, 0.25) is 10.0 Å². The Labute approximate surface area is 122 Å². The van der Waals surface area contributed by atoms with Crippen LogP contribution < -0.4 is 0 Å². The van der Waals surface area contributed by atoms with Gasteiger partial charge in [0.25, 0.3) is 0 Å². The van der Waals surface area contributed by atoms with E-state index >= 15 is 0 Å². The Kier molecular flexibility index (Phi) is 4.28. The van der Waals surface area contributed by atoms with E-state index in [0.29, 0.717) is 5.69 Å². The Hall–Kier alpha value is -1.22. The van der Waals surface area contributed by atoms with Gasteiger partial charge in [-0.25, -0.2) is 13.4 Å². The number of sulfonamides is 1. The number of aromatic nitrogens is 2. The zero-order valence-electron chi connectivity index (χ0n) is 11.6. The molecule has 0 aromatic carbocycles. The predicted molar refractivity (Wildman–Crippen MR) is 76.8 cm³/mol. The summed E-state index contributed by atoms with van der Waals surface area (Å²) in [6.45, 7) is 1.92. The van der Waals surface area contributed by atoms with Crippen LogP contribution in [-0.4, -0.2) is 34.4 Å². The third kappa shape index (κ3) is 2.93. The lowest BCUT2D eigenvalue weighted by Crippen LogP contribution is -2.26. The van der Waals surface area contributed by atoms with Gasteiger partial charge in [-0.3, -0.25) is 0 Å². The van der Waals surface area contributed by atoms with Gasteiger partial charge in [0, 0.05) is 31.4 Å². The Morgan fingerprint density at radius 3 is 2.70 bits per heavy atom. The van der Waals surface area contributed by atoms with E-state index in [2.05, 4.69) is 4.98 Å². The summed E-state index contributed by atoms with van der Waals surface area (Å²) in [6.07, 6.45) is 1.50. The number of thiazole rings is 1. The maximum absolute atomic E-state index is 12.4. The highest BCUT2D eigenvalue weighted by Gasteiger charge is 2.23. The SMILES string of the molecule is Cc1nc(CN(C)S(=O)(=O)c2cc(CO)n(C)c2)cs1. The van der Waals surface area contributed by atoms with Crippen LogP contribution in [0.2, 0.25) is 0 Å².